The summed E-state index contributed by atoms with van der Waals surface area (Å²) in [7, 11) is 0. The SMILES string of the molecule is CC(C)=CCc1cccc2[nH]cc(CC3NC(=O)C(O)C3O)c12. The molecule has 1 aromatic heterocycles. The van der Waals surface area contributed by atoms with Crippen molar-refractivity contribution in [3.8, 4) is 0 Å². The summed E-state index contributed by atoms with van der Waals surface area (Å²) in [4.78, 5) is 14.7. The first-order valence-corrected chi connectivity index (χ1v) is 7.85. The van der Waals surface area contributed by atoms with Crippen molar-refractivity contribution in [2.24, 2.45) is 0 Å². The molecule has 0 saturated carbocycles. The number of hydrogen-bond donors (Lipinski definition) is 4. The molecule has 1 aromatic carbocycles. The van der Waals surface area contributed by atoms with Crippen molar-refractivity contribution in [1.82, 2.24) is 10.3 Å². The van der Waals surface area contributed by atoms with Gasteiger partial charge >= 0.3 is 0 Å². The second-order valence-electron chi connectivity index (χ2n) is 6.39. The van der Waals surface area contributed by atoms with E-state index in [0.717, 1.165) is 22.9 Å². The van der Waals surface area contributed by atoms with Gasteiger partial charge in [0.15, 0.2) is 6.10 Å². The molecule has 2 aromatic rings. The van der Waals surface area contributed by atoms with E-state index in [2.05, 4.69) is 36.3 Å². The van der Waals surface area contributed by atoms with Crippen LogP contribution in [-0.2, 0) is 17.6 Å². The monoisotopic (exact) mass is 314 g/mol. The van der Waals surface area contributed by atoms with E-state index in [1.807, 2.05) is 18.3 Å². The van der Waals surface area contributed by atoms with Gasteiger partial charge in [-0.3, -0.25) is 4.79 Å². The van der Waals surface area contributed by atoms with Gasteiger partial charge < -0.3 is 20.5 Å². The average molecular weight is 314 g/mol. The fraction of sp³-hybridized carbons (Fsp3) is 0.389. The Kier molecular flexibility index (Phi) is 4.24. The van der Waals surface area contributed by atoms with Crippen LogP contribution in [0.1, 0.15) is 25.0 Å². The number of hydrogen-bond acceptors (Lipinski definition) is 3. The Morgan fingerprint density at radius 3 is 2.70 bits per heavy atom. The quantitative estimate of drug-likeness (QED) is 0.644. The molecule has 4 N–H and O–H groups in total. The number of aromatic amines is 1. The lowest BCUT2D eigenvalue weighted by atomic mass is 9.97. The maximum absolute atomic E-state index is 11.5. The number of fused-ring (bicyclic) bond motifs is 1. The lowest BCUT2D eigenvalue weighted by molar-refractivity contribution is -0.128. The van der Waals surface area contributed by atoms with Gasteiger partial charge in [0.2, 0.25) is 0 Å². The lowest BCUT2D eigenvalue weighted by Crippen LogP contribution is -2.34. The van der Waals surface area contributed by atoms with Crippen LogP contribution in [0.5, 0.6) is 0 Å². The summed E-state index contributed by atoms with van der Waals surface area (Å²) in [6.45, 7) is 4.15. The van der Waals surface area contributed by atoms with E-state index in [0.29, 0.717) is 6.42 Å². The molecule has 1 saturated heterocycles. The number of benzene rings is 1. The molecule has 5 heteroatoms. The van der Waals surface area contributed by atoms with Crippen molar-refractivity contribution in [2.75, 3.05) is 0 Å². The highest BCUT2D eigenvalue weighted by atomic mass is 16.3. The van der Waals surface area contributed by atoms with Crippen LogP contribution in [0.4, 0.5) is 0 Å². The van der Waals surface area contributed by atoms with E-state index in [-0.39, 0.29) is 0 Å². The van der Waals surface area contributed by atoms with Crippen molar-refractivity contribution in [1.29, 1.82) is 0 Å². The van der Waals surface area contributed by atoms with E-state index < -0.39 is 24.2 Å². The van der Waals surface area contributed by atoms with Crippen LogP contribution in [-0.4, -0.2) is 39.4 Å². The molecule has 2 heterocycles. The number of carbonyl (C=O) groups is 1. The fourth-order valence-corrected chi connectivity index (χ4v) is 3.12. The molecule has 0 bridgehead atoms. The molecule has 0 aliphatic carbocycles. The Morgan fingerprint density at radius 2 is 2.04 bits per heavy atom. The molecule has 1 amide bonds. The Morgan fingerprint density at radius 1 is 1.26 bits per heavy atom. The van der Waals surface area contributed by atoms with Crippen molar-refractivity contribution in [3.05, 3.63) is 47.2 Å². The summed E-state index contributed by atoms with van der Waals surface area (Å²) < 4.78 is 0. The van der Waals surface area contributed by atoms with Gasteiger partial charge in [-0.05, 0) is 43.9 Å². The topological polar surface area (TPSA) is 85.4 Å². The molecule has 1 aliphatic heterocycles. The summed E-state index contributed by atoms with van der Waals surface area (Å²) in [6.07, 6.45) is 3.01. The van der Waals surface area contributed by atoms with Crippen molar-refractivity contribution in [2.45, 2.75) is 44.9 Å². The molecule has 3 atom stereocenters. The van der Waals surface area contributed by atoms with Gasteiger partial charge in [0.25, 0.3) is 5.91 Å². The number of aliphatic hydroxyl groups excluding tert-OH is 2. The summed E-state index contributed by atoms with van der Waals surface area (Å²) in [5.41, 5.74) is 4.55. The number of rotatable bonds is 4. The molecule has 1 aliphatic rings. The van der Waals surface area contributed by atoms with Crippen LogP contribution < -0.4 is 5.32 Å². The third-order valence-electron chi connectivity index (χ3n) is 4.38. The van der Waals surface area contributed by atoms with Crippen LogP contribution in [0.15, 0.2) is 36.0 Å². The maximum atomic E-state index is 11.5. The van der Waals surface area contributed by atoms with Crippen LogP contribution in [0.2, 0.25) is 0 Å². The van der Waals surface area contributed by atoms with E-state index in [9.17, 15) is 15.0 Å². The molecule has 122 valence electrons. The zero-order chi connectivity index (χ0) is 16.6. The third kappa shape index (κ3) is 3.02. The number of aromatic nitrogens is 1. The predicted molar refractivity (Wildman–Crippen MR) is 89.1 cm³/mol. The van der Waals surface area contributed by atoms with Gasteiger partial charge in [-0.25, -0.2) is 0 Å². The average Bonchev–Trinajstić information content (AvgIpc) is 3.03. The lowest BCUT2D eigenvalue weighted by Gasteiger charge is -2.15. The molecule has 0 spiro atoms. The Labute approximate surface area is 135 Å². The largest absolute Gasteiger partial charge is 0.388 e. The summed E-state index contributed by atoms with van der Waals surface area (Å²) in [5.74, 6) is -0.507. The Bertz CT molecular complexity index is 759. The Hall–Kier alpha value is -2.11. The summed E-state index contributed by atoms with van der Waals surface area (Å²) in [5, 5.41) is 23.4. The normalized spacial score (nSPS) is 24.0. The highest BCUT2D eigenvalue weighted by Gasteiger charge is 2.40. The first kappa shape index (κ1) is 15.8. The second kappa shape index (κ2) is 6.18. The summed E-state index contributed by atoms with van der Waals surface area (Å²) >= 11 is 0. The van der Waals surface area contributed by atoms with E-state index in [4.69, 9.17) is 0 Å². The molecule has 5 nitrogen and oxygen atoms in total. The standard InChI is InChI=1S/C18H22N2O3/c1-10(2)6-7-11-4-3-5-13-15(11)12(9-19-13)8-14-16(21)17(22)18(23)20-14/h3-6,9,14,16-17,19,21-22H,7-8H2,1-2H3,(H,20,23). The number of aliphatic hydroxyl groups is 2. The van der Waals surface area contributed by atoms with E-state index in [1.54, 1.807) is 0 Å². The van der Waals surface area contributed by atoms with Crippen LogP contribution in [0.25, 0.3) is 10.9 Å². The minimum Gasteiger partial charge on any atom is -0.388 e. The number of allylic oxidation sites excluding steroid dienone is 2. The molecular formula is C18H22N2O3. The second-order valence-corrected chi connectivity index (χ2v) is 6.39. The van der Waals surface area contributed by atoms with Crippen LogP contribution in [0.3, 0.4) is 0 Å². The van der Waals surface area contributed by atoms with Gasteiger partial charge in [0, 0.05) is 17.1 Å². The first-order chi connectivity index (χ1) is 11.0. The van der Waals surface area contributed by atoms with E-state index in [1.165, 1.54) is 11.1 Å². The number of nitrogens with one attached hydrogen (secondary N) is 2. The van der Waals surface area contributed by atoms with Gasteiger partial charge in [0.1, 0.15) is 6.10 Å². The minimum atomic E-state index is -1.34. The van der Waals surface area contributed by atoms with Crippen molar-refractivity contribution < 1.29 is 15.0 Å². The minimum absolute atomic E-state index is 0.465. The number of carbonyl (C=O) groups excluding carboxylic acids is 1. The van der Waals surface area contributed by atoms with Crippen LogP contribution >= 0.6 is 0 Å². The van der Waals surface area contributed by atoms with Gasteiger partial charge in [-0.1, -0.05) is 23.8 Å². The molecule has 23 heavy (non-hydrogen) atoms. The predicted octanol–water partition coefficient (Wildman–Crippen LogP) is 1.44. The highest BCUT2D eigenvalue weighted by Crippen LogP contribution is 2.26. The van der Waals surface area contributed by atoms with Gasteiger partial charge in [-0.15, -0.1) is 0 Å². The number of amides is 1. The molecular weight excluding hydrogens is 292 g/mol. The smallest absolute Gasteiger partial charge is 0.251 e. The summed E-state index contributed by atoms with van der Waals surface area (Å²) in [6, 6.07) is 5.67. The van der Waals surface area contributed by atoms with Crippen molar-refractivity contribution in [3.63, 3.8) is 0 Å². The Balaban J connectivity index is 1.92. The van der Waals surface area contributed by atoms with Crippen molar-refractivity contribution >= 4 is 16.8 Å². The fourth-order valence-electron chi connectivity index (χ4n) is 3.12. The zero-order valence-electron chi connectivity index (χ0n) is 13.3. The molecule has 0 radical (unpaired) electrons. The number of H-pyrrole nitrogens is 1. The first-order valence-electron chi connectivity index (χ1n) is 7.85. The van der Waals surface area contributed by atoms with Gasteiger partial charge in [0.05, 0.1) is 6.04 Å². The maximum Gasteiger partial charge on any atom is 0.251 e. The van der Waals surface area contributed by atoms with Gasteiger partial charge in [-0.2, -0.15) is 0 Å². The van der Waals surface area contributed by atoms with Crippen LogP contribution in [0, 0.1) is 0 Å². The molecule has 1 fully saturated rings. The highest BCUT2D eigenvalue weighted by molar-refractivity contribution is 5.88. The third-order valence-corrected chi connectivity index (χ3v) is 4.38. The van der Waals surface area contributed by atoms with E-state index >= 15 is 0 Å². The molecule has 3 unspecified atom stereocenters. The molecule has 3 rings (SSSR count). The zero-order valence-corrected chi connectivity index (χ0v) is 13.3.